The molecule has 0 radical (unpaired) electrons. The lowest BCUT2D eigenvalue weighted by molar-refractivity contribution is 0.0904. The molecule has 0 aliphatic heterocycles. The van der Waals surface area contributed by atoms with Gasteiger partial charge in [-0.2, -0.15) is 0 Å². The molecule has 5 nitrogen and oxygen atoms in total. The molecule has 5 heteroatoms. The predicted octanol–water partition coefficient (Wildman–Crippen LogP) is 0.835. The highest BCUT2D eigenvalue weighted by Gasteiger charge is 2.08. The fraction of sp³-hybridized carbons (Fsp3) is 0.667. The van der Waals surface area contributed by atoms with Crippen LogP contribution in [0, 0.1) is 6.92 Å². The minimum atomic E-state index is 0.0859. The van der Waals surface area contributed by atoms with Crippen LogP contribution in [0.15, 0.2) is 12.4 Å². The Bertz CT molecular complexity index is 320. The smallest absolute Gasteiger partial charge is 0.0782 e. The molecule has 17 heavy (non-hydrogen) atoms. The third-order valence-corrected chi connectivity index (χ3v) is 2.48. The van der Waals surface area contributed by atoms with Crippen molar-refractivity contribution in [2.24, 2.45) is 0 Å². The number of rotatable bonds is 8. The van der Waals surface area contributed by atoms with Crippen LogP contribution in [0.5, 0.6) is 0 Å². The van der Waals surface area contributed by atoms with Crippen molar-refractivity contribution in [3.05, 3.63) is 23.8 Å². The molecule has 0 aliphatic carbocycles. The van der Waals surface area contributed by atoms with Crippen LogP contribution < -0.4 is 5.32 Å². The van der Waals surface area contributed by atoms with E-state index in [0.29, 0.717) is 13.2 Å². The number of hydrogen-bond donors (Lipinski definition) is 2. The van der Waals surface area contributed by atoms with Gasteiger partial charge in [0.15, 0.2) is 0 Å². The van der Waals surface area contributed by atoms with E-state index in [4.69, 9.17) is 9.84 Å². The minimum absolute atomic E-state index is 0.0859. The fourth-order valence-electron chi connectivity index (χ4n) is 1.60. The molecule has 1 heterocycles. The van der Waals surface area contributed by atoms with Gasteiger partial charge in [-0.1, -0.05) is 0 Å². The Morgan fingerprint density at radius 3 is 2.82 bits per heavy atom. The standard InChI is InChI=1S/C12H21N3O2/c1-10(12-11(2)14-5-6-15-12)13-4-3-8-17-9-7-16/h5-6,10,13,16H,3-4,7-9H2,1-2H3. The highest BCUT2D eigenvalue weighted by atomic mass is 16.5. The van der Waals surface area contributed by atoms with Crippen LogP contribution in [0.1, 0.15) is 30.8 Å². The largest absolute Gasteiger partial charge is 0.394 e. The molecule has 0 aliphatic rings. The average Bonchev–Trinajstić information content (AvgIpc) is 2.34. The van der Waals surface area contributed by atoms with Crippen molar-refractivity contribution in [2.45, 2.75) is 26.3 Å². The number of ether oxygens (including phenoxy) is 1. The highest BCUT2D eigenvalue weighted by molar-refractivity contribution is 5.12. The molecule has 0 aromatic carbocycles. The highest BCUT2D eigenvalue weighted by Crippen LogP contribution is 2.11. The molecule has 0 saturated carbocycles. The summed E-state index contributed by atoms with van der Waals surface area (Å²) in [5, 5.41) is 11.9. The molecule has 1 atom stereocenters. The maximum atomic E-state index is 8.53. The van der Waals surface area contributed by atoms with Crippen molar-refractivity contribution in [1.82, 2.24) is 15.3 Å². The van der Waals surface area contributed by atoms with E-state index in [2.05, 4.69) is 22.2 Å². The van der Waals surface area contributed by atoms with Crippen molar-refractivity contribution in [2.75, 3.05) is 26.4 Å². The van der Waals surface area contributed by atoms with E-state index in [-0.39, 0.29) is 12.6 Å². The van der Waals surface area contributed by atoms with Gasteiger partial charge in [0, 0.05) is 25.0 Å². The van der Waals surface area contributed by atoms with Gasteiger partial charge in [0.05, 0.1) is 24.6 Å². The summed E-state index contributed by atoms with van der Waals surface area (Å²) in [6, 6.07) is 0.196. The fourth-order valence-corrected chi connectivity index (χ4v) is 1.60. The molecular weight excluding hydrogens is 218 g/mol. The Hall–Kier alpha value is -1.04. The zero-order chi connectivity index (χ0) is 12.5. The lowest BCUT2D eigenvalue weighted by Crippen LogP contribution is -2.23. The van der Waals surface area contributed by atoms with E-state index >= 15 is 0 Å². The number of aromatic nitrogens is 2. The lowest BCUT2D eigenvalue weighted by Gasteiger charge is -2.14. The van der Waals surface area contributed by atoms with E-state index in [9.17, 15) is 0 Å². The van der Waals surface area contributed by atoms with E-state index in [0.717, 1.165) is 24.4 Å². The lowest BCUT2D eigenvalue weighted by atomic mass is 10.2. The van der Waals surface area contributed by atoms with Gasteiger partial charge in [-0.25, -0.2) is 0 Å². The number of hydrogen-bond acceptors (Lipinski definition) is 5. The summed E-state index contributed by atoms with van der Waals surface area (Å²) in [5.74, 6) is 0. The summed E-state index contributed by atoms with van der Waals surface area (Å²) in [6.45, 7) is 6.07. The maximum Gasteiger partial charge on any atom is 0.0782 e. The molecule has 0 fully saturated rings. The third-order valence-electron chi connectivity index (χ3n) is 2.48. The van der Waals surface area contributed by atoms with Crippen molar-refractivity contribution < 1.29 is 9.84 Å². The zero-order valence-corrected chi connectivity index (χ0v) is 10.5. The van der Waals surface area contributed by atoms with Crippen molar-refractivity contribution in [3.8, 4) is 0 Å². The topological polar surface area (TPSA) is 67.3 Å². The summed E-state index contributed by atoms with van der Waals surface area (Å²) in [7, 11) is 0. The molecule has 1 aromatic heterocycles. The molecule has 96 valence electrons. The van der Waals surface area contributed by atoms with Gasteiger partial charge in [0.2, 0.25) is 0 Å². The molecule has 1 unspecified atom stereocenters. The summed E-state index contributed by atoms with van der Waals surface area (Å²) >= 11 is 0. The molecule has 0 saturated heterocycles. The predicted molar refractivity (Wildman–Crippen MR) is 65.7 cm³/mol. The van der Waals surface area contributed by atoms with Gasteiger partial charge >= 0.3 is 0 Å². The van der Waals surface area contributed by atoms with Crippen molar-refractivity contribution >= 4 is 0 Å². The second-order valence-corrected chi connectivity index (χ2v) is 3.89. The third kappa shape index (κ3) is 5.21. The summed E-state index contributed by atoms with van der Waals surface area (Å²) < 4.78 is 5.18. The Balaban J connectivity index is 2.21. The summed E-state index contributed by atoms with van der Waals surface area (Å²) in [5.41, 5.74) is 1.95. The second kappa shape index (κ2) is 8.11. The quantitative estimate of drug-likeness (QED) is 0.658. The Kier molecular flexibility index (Phi) is 6.69. The number of aryl methyl sites for hydroxylation is 1. The van der Waals surface area contributed by atoms with E-state index in [1.165, 1.54) is 0 Å². The Morgan fingerprint density at radius 1 is 1.35 bits per heavy atom. The first-order valence-electron chi connectivity index (χ1n) is 5.95. The van der Waals surface area contributed by atoms with Gasteiger partial charge in [-0.3, -0.25) is 9.97 Å². The van der Waals surface area contributed by atoms with Crippen LogP contribution in [-0.2, 0) is 4.74 Å². The first-order valence-corrected chi connectivity index (χ1v) is 5.95. The number of nitrogens with one attached hydrogen (secondary N) is 1. The van der Waals surface area contributed by atoms with Crippen molar-refractivity contribution in [3.63, 3.8) is 0 Å². The average molecular weight is 239 g/mol. The van der Waals surface area contributed by atoms with Gasteiger partial charge in [-0.15, -0.1) is 0 Å². The monoisotopic (exact) mass is 239 g/mol. The first-order chi connectivity index (χ1) is 8.25. The van der Waals surface area contributed by atoms with Gasteiger partial charge in [-0.05, 0) is 26.8 Å². The molecular formula is C12H21N3O2. The summed E-state index contributed by atoms with van der Waals surface area (Å²) in [4.78, 5) is 8.53. The molecule has 0 amide bonds. The van der Waals surface area contributed by atoms with Crippen LogP contribution in [-0.4, -0.2) is 41.4 Å². The van der Waals surface area contributed by atoms with Gasteiger partial charge < -0.3 is 15.2 Å². The number of aliphatic hydroxyl groups excluding tert-OH is 1. The van der Waals surface area contributed by atoms with Gasteiger partial charge in [0.1, 0.15) is 0 Å². The number of aliphatic hydroxyl groups is 1. The Labute approximate surface area is 102 Å². The molecule has 1 rings (SSSR count). The maximum absolute atomic E-state index is 8.53. The second-order valence-electron chi connectivity index (χ2n) is 3.89. The minimum Gasteiger partial charge on any atom is -0.394 e. The molecule has 1 aromatic rings. The van der Waals surface area contributed by atoms with Crippen LogP contribution in [0.4, 0.5) is 0 Å². The first kappa shape index (κ1) is 14.0. The summed E-state index contributed by atoms with van der Waals surface area (Å²) in [6.07, 6.45) is 4.34. The van der Waals surface area contributed by atoms with Crippen LogP contribution in [0.25, 0.3) is 0 Å². The van der Waals surface area contributed by atoms with Crippen LogP contribution >= 0.6 is 0 Å². The van der Waals surface area contributed by atoms with E-state index in [1.54, 1.807) is 12.4 Å². The molecule has 2 N–H and O–H groups in total. The normalized spacial score (nSPS) is 12.6. The zero-order valence-electron chi connectivity index (χ0n) is 10.5. The van der Waals surface area contributed by atoms with E-state index in [1.807, 2.05) is 6.92 Å². The van der Waals surface area contributed by atoms with Crippen molar-refractivity contribution in [1.29, 1.82) is 0 Å². The number of nitrogens with zero attached hydrogens (tertiary/aromatic N) is 2. The Morgan fingerprint density at radius 2 is 2.12 bits per heavy atom. The SMILES string of the molecule is Cc1nccnc1C(C)NCCCOCCO. The van der Waals surface area contributed by atoms with Crippen LogP contribution in [0.3, 0.4) is 0 Å². The van der Waals surface area contributed by atoms with E-state index < -0.39 is 0 Å². The van der Waals surface area contributed by atoms with Gasteiger partial charge in [0.25, 0.3) is 0 Å². The molecule has 0 spiro atoms. The van der Waals surface area contributed by atoms with Crippen LogP contribution in [0.2, 0.25) is 0 Å². The molecule has 0 bridgehead atoms.